The lowest BCUT2D eigenvalue weighted by atomic mass is 10.4. The summed E-state index contributed by atoms with van der Waals surface area (Å²) in [5.74, 6) is 0.547. The third kappa shape index (κ3) is 4.19. The average molecular weight is 153 g/mol. The van der Waals surface area contributed by atoms with Gasteiger partial charge in [-0.05, 0) is 13.0 Å². The Morgan fingerprint density at radius 2 is 2.09 bits per heavy atom. The van der Waals surface area contributed by atoms with Crippen molar-refractivity contribution in [1.29, 1.82) is 0 Å². The molecule has 0 amide bonds. The average Bonchev–Trinajstić information content (AvgIpc) is 1.87. The molecule has 0 aromatic carbocycles. The Hall–Kier alpha value is -1.25. The number of nitrogens with zero attached hydrogens (tertiary/aromatic N) is 2. The SMILES string of the molecule is C=C/C(=C\N=C(C)N)N(C)C. The predicted molar refractivity (Wildman–Crippen MR) is 49.3 cm³/mol. The molecule has 0 atom stereocenters. The fourth-order valence-corrected chi connectivity index (χ4v) is 0.519. The maximum absolute atomic E-state index is 5.35. The van der Waals surface area contributed by atoms with E-state index < -0.39 is 0 Å². The Balaban J connectivity index is 4.36. The van der Waals surface area contributed by atoms with Gasteiger partial charge in [0, 0.05) is 14.1 Å². The van der Waals surface area contributed by atoms with Gasteiger partial charge in [0.25, 0.3) is 0 Å². The van der Waals surface area contributed by atoms with Crippen molar-refractivity contribution in [3.63, 3.8) is 0 Å². The topological polar surface area (TPSA) is 41.6 Å². The largest absolute Gasteiger partial charge is 0.387 e. The van der Waals surface area contributed by atoms with Gasteiger partial charge in [0.1, 0.15) is 0 Å². The zero-order valence-corrected chi connectivity index (χ0v) is 7.33. The van der Waals surface area contributed by atoms with E-state index in [1.165, 1.54) is 0 Å². The van der Waals surface area contributed by atoms with Crippen molar-refractivity contribution in [2.75, 3.05) is 14.1 Å². The lowest BCUT2D eigenvalue weighted by Gasteiger charge is -2.11. The number of allylic oxidation sites excluding steroid dienone is 1. The first-order valence-electron chi connectivity index (χ1n) is 3.37. The molecule has 0 heterocycles. The minimum absolute atomic E-state index is 0.547. The van der Waals surface area contributed by atoms with Gasteiger partial charge in [-0.25, -0.2) is 4.99 Å². The van der Waals surface area contributed by atoms with E-state index in [4.69, 9.17) is 5.73 Å². The van der Waals surface area contributed by atoms with Crippen LogP contribution >= 0.6 is 0 Å². The molecule has 0 aliphatic carbocycles. The molecular weight excluding hydrogens is 138 g/mol. The van der Waals surface area contributed by atoms with E-state index in [1.54, 1.807) is 19.2 Å². The van der Waals surface area contributed by atoms with Crippen LogP contribution in [-0.2, 0) is 0 Å². The number of hydrogen-bond donors (Lipinski definition) is 1. The van der Waals surface area contributed by atoms with Gasteiger partial charge >= 0.3 is 0 Å². The minimum Gasteiger partial charge on any atom is -0.387 e. The minimum atomic E-state index is 0.547. The van der Waals surface area contributed by atoms with Gasteiger partial charge < -0.3 is 10.6 Å². The number of hydrogen-bond acceptors (Lipinski definition) is 2. The first kappa shape index (κ1) is 9.75. The van der Waals surface area contributed by atoms with Crippen LogP contribution in [0.4, 0.5) is 0 Å². The molecule has 3 heteroatoms. The van der Waals surface area contributed by atoms with Crippen molar-refractivity contribution < 1.29 is 0 Å². The van der Waals surface area contributed by atoms with Crippen molar-refractivity contribution in [3.05, 3.63) is 24.6 Å². The van der Waals surface area contributed by atoms with Gasteiger partial charge in [-0.1, -0.05) is 6.58 Å². The van der Waals surface area contributed by atoms with E-state index >= 15 is 0 Å². The molecule has 0 bridgehead atoms. The van der Waals surface area contributed by atoms with E-state index in [9.17, 15) is 0 Å². The third-order valence-corrected chi connectivity index (χ3v) is 1.13. The summed E-state index contributed by atoms with van der Waals surface area (Å²) in [6, 6.07) is 0. The van der Waals surface area contributed by atoms with Crippen LogP contribution in [0, 0.1) is 0 Å². The predicted octanol–water partition coefficient (Wildman–Crippen LogP) is 0.953. The maximum Gasteiger partial charge on any atom is 0.0958 e. The highest BCUT2D eigenvalue weighted by atomic mass is 15.1. The van der Waals surface area contributed by atoms with Crippen molar-refractivity contribution in [1.82, 2.24) is 4.90 Å². The van der Waals surface area contributed by atoms with Gasteiger partial charge in [-0.15, -0.1) is 0 Å². The molecule has 0 fully saturated rings. The van der Waals surface area contributed by atoms with Gasteiger partial charge in [0.15, 0.2) is 0 Å². The second-order valence-electron chi connectivity index (χ2n) is 2.42. The van der Waals surface area contributed by atoms with Crippen LogP contribution in [0.3, 0.4) is 0 Å². The fourth-order valence-electron chi connectivity index (χ4n) is 0.519. The van der Waals surface area contributed by atoms with Crippen molar-refractivity contribution in [2.45, 2.75) is 6.92 Å². The second kappa shape index (κ2) is 4.55. The van der Waals surface area contributed by atoms with Crippen molar-refractivity contribution >= 4 is 5.84 Å². The van der Waals surface area contributed by atoms with E-state index in [2.05, 4.69) is 11.6 Å². The molecule has 62 valence electrons. The summed E-state index contributed by atoms with van der Waals surface area (Å²) in [5, 5.41) is 0. The number of nitrogens with two attached hydrogens (primary N) is 1. The summed E-state index contributed by atoms with van der Waals surface area (Å²) in [6.07, 6.45) is 3.41. The van der Waals surface area contributed by atoms with Crippen molar-refractivity contribution in [2.24, 2.45) is 10.7 Å². The number of likely N-dealkylation sites (N-methyl/N-ethyl adjacent to an activating group) is 1. The molecule has 0 aliphatic heterocycles. The molecule has 0 aromatic heterocycles. The molecule has 0 unspecified atom stereocenters. The summed E-state index contributed by atoms with van der Waals surface area (Å²) >= 11 is 0. The molecule has 0 rings (SSSR count). The molecule has 11 heavy (non-hydrogen) atoms. The van der Waals surface area contributed by atoms with Crippen LogP contribution in [0.15, 0.2) is 29.5 Å². The van der Waals surface area contributed by atoms with E-state index in [-0.39, 0.29) is 0 Å². The second-order valence-corrected chi connectivity index (χ2v) is 2.42. The highest BCUT2D eigenvalue weighted by molar-refractivity contribution is 5.78. The first-order chi connectivity index (χ1) is 5.07. The fraction of sp³-hybridized carbons (Fsp3) is 0.375. The van der Waals surface area contributed by atoms with Gasteiger partial charge in [-0.3, -0.25) is 0 Å². The molecule has 3 nitrogen and oxygen atoms in total. The maximum atomic E-state index is 5.35. The molecule has 0 radical (unpaired) electrons. The van der Waals surface area contributed by atoms with E-state index in [0.29, 0.717) is 5.84 Å². The third-order valence-electron chi connectivity index (χ3n) is 1.13. The first-order valence-corrected chi connectivity index (χ1v) is 3.37. The number of aliphatic imine (C=N–C) groups is 1. The molecule has 0 saturated heterocycles. The highest BCUT2D eigenvalue weighted by Crippen LogP contribution is 1.98. The normalized spacial score (nSPS) is 13.0. The zero-order chi connectivity index (χ0) is 8.85. The van der Waals surface area contributed by atoms with Crippen LogP contribution in [0.2, 0.25) is 0 Å². The van der Waals surface area contributed by atoms with Crippen LogP contribution in [0.1, 0.15) is 6.92 Å². The zero-order valence-electron chi connectivity index (χ0n) is 7.33. The quantitative estimate of drug-likeness (QED) is 0.372. The van der Waals surface area contributed by atoms with Crippen LogP contribution in [0.5, 0.6) is 0 Å². The Morgan fingerprint density at radius 1 is 1.55 bits per heavy atom. The van der Waals surface area contributed by atoms with Crippen molar-refractivity contribution in [3.8, 4) is 0 Å². The lowest BCUT2D eigenvalue weighted by molar-refractivity contribution is 0.528. The lowest BCUT2D eigenvalue weighted by Crippen LogP contribution is -2.09. The van der Waals surface area contributed by atoms with Crippen LogP contribution in [-0.4, -0.2) is 24.8 Å². The molecule has 0 aliphatic rings. The number of rotatable bonds is 3. The molecule has 0 saturated carbocycles. The van der Waals surface area contributed by atoms with Gasteiger partial charge in [0.2, 0.25) is 0 Å². The summed E-state index contributed by atoms with van der Waals surface area (Å²) in [7, 11) is 3.85. The van der Waals surface area contributed by atoms with Crippen LogP contribution in [0.25, 0.3) is 0 Å². The Labute approximate surface area is 67.9 Å². The Kier molecular flexibility index (Phi) is 4.03. The Bertz CT molecular complexity index is 186. The van der Waals surface area contributed by atoms with E-state index in [1.807, 2.05) is 19.0 Å². The molecule has 0 spiro atoms. The van der Waals surface area contributed by atoms with Crippen LogP contribution < -0.4 is 5.73 Å². The van der Waals surface area contributed by atoms with Gasteiger partial charge in [0.05, 0.1) is 17.7 Å². The Morgan fingerprint density at radius 3 is 2.36 bits per heavy atom. The highest BCUT2D eigenvalue weighted by Gasteiger charge is 1.90. The molecule has 0 aromatic rings. The summed E-state index contributed by atoms with van der Waals surface area (Å²) in [6.45, 7) is 5.38. The summed E-state index contributed by atoms with van der Waals surface area (Å²) in [4.78, 5) is 5.85. The number of amidine groups is 1. The monoisotopic (exact) mass is 153 g/mol. The summed E-state index contributed by atoms with van der Waals surface area (Å²) < 4.78 is 0. The molecular formula is C8H15N3. The molecule has 2 N–H and O–H groups in total. The van der Waals surface area contributed by atoms with E-state index in [0.717, 1.165) is 5.70 Å². The standard InChI is InChI=1S/C8H15N3/c1-5-8(11(3)4)6-10-7(2)9/h5-6H,1H2,2-4H3,(H2,9,10)/b8-6+. The summed E-state index contributed by atoms with van der Waals surface area (Å²) in [5.41, 5.74) is 6.29. The van der Waals surface area contributed by atoms with Gasteiger partial charge in [-0.2, -0.15) is 0 Å². The smallest absolute Gasteiger partial charge is 0.0958 e.